The average Bonchev–Trinajstić information content (AvgIpc) is 2.73. The smallest absolute Gasteiger partial charge is 0.419 e. The summed E-state index contributed by atoms with van der Waals surface area (Å²) >= 11 is 0. The maximum Gasteiger partial charge on any atom is 0.419 e. The van der Waals surface area contributed by atoms with Crippen LogP contribution < -0.4 is 10.9 Å². The fraction of sp³-hybridized carbons (Fsp3) is 0.417. The number of alkyl carbamates (subject to hydrolysis) is 1. The van der Waals surface area contributed by atoms with Crippen molar-refractivity contribution >= 4 is 16.9 Å². The third-order valence-electron chi connectivity index (χ3n) is 5.01. The quantitative estimate of drug-likeness (QED) is 0.530. The van der Waals surface area contributed by atoms with Crippen molar-refractivity contribution in [2.45, 2.75) is 64.9 Å². The van der Waals surface area contributed by atoms with Gasteiger partial charge in [-0.05, 0) is 64.1 Å². The summed E-state index contributed by atoms with van der Waals surface area (Å²) in [4.78, 5) is 32.3. The maximum atomic E-state index is 12.9. The maximum absolute atomic E-state index is 12.9. The van der Waals surface area contributed by atoms with E-state index in [9.17, 15) is 22.8 Å². The van der Waals surface area contributed by atoms with Crippen LogP contribution >= 0.6 is 0 Å². The standard InChI is InChI=1S/C24H27F3N4O3/c1-15(30-22(33)34-23(2,3)4)6-5-10-31-11-9-16-12-17(7-8-19(16)21(31)32)20-28-13-18(14-29-20)24(25,26)27/h7-9,11-15H,5-6,10H2,1-4H3,(H,30,33)/t15-/m0/s1. The highest BCUT2D eigenvalue weighted by molar-refractivity contribution is 5.85. The predicted molar refractivity (Wildman–Crippen MR) is 122 cm³/mol. The van der Waals surface area contributed by atoms with Crippen LogP contribution in [0.3, 0.4) is 0 Å². The molecule has 2 aromatic heterocycles. The Hall–Kier alpha value is -3.43. The number of benzene rings is 1. The molecule has 0 aliphatic heterocycles. The molecule has 0 spiro atoms. The molecule has 0 aliphatic rings. The van der Waals surface area contributed by atoms with Crippen LogP contribution in [0.1, 0.15) is 46.1 Å². The molecular weight excluding hydrogens is 449 g/mol. The lowest BCUT2D eigenvalue weighted by Crippen LogP contribution is -2.37. The van der Waals surface area contributed by atoms with Crippen molar-refractivity contribution in [3.63, 3.8) is 0 Å². The average molecular weight is 476 g/mol. The molecule has 10 heteroatoms. The molecule has 1 amide bonds. The monoisotopic (exact) mass is 476 g/mol. The number of halogens is 3. The summed E-state index contributed by atoms with van der Waals surface area (Å²) in [5, 5.41) is 3.90. The van der Waals surface area contributed by atoms with Gasteiger partial charge in [0, 0.05) is 42.1 Å². The fourth-order valence-corrected chi connectivity index (χ4v) is 3.38. The van der Waals surface area contributed by atoms with Crippen LogP contribution in [0.15, 0.2) is 47.7 Å². The highest BCUT2D eigenvalue weighted by Gasteiger charge is 2.31. The van der Waals surface area contributed by atoms with Gasteiger partial charge >= 0.3 is 12.3 Å². The van der Waals surface area contributed by atoms with Gasteiger partial charge < -0.3 is 14.6 Å². The van der Waals surface area contributed by atoms with Gasteiger partial charge in [0.1, 0.15) is 5.60 Å². The van der Waals surface area contributed by atoms with E-state index in [1.165, 1.54) is 0 Å². The van der Waals surface area contributed by atoms with E-state index in [0.717, 1.165) is 12.4 Å². The SMILES string of the molecule is C[C@@H](CCCn1ccc2cc(-c3ncc(C(F)(F)F)cn3)ccc2c1=O)NC(=O)OC(C)(C)C. The summed E-state index contributed by atoms with van der Waals surface area (Å²) in [6.07, 6.45) is -0.499. The number of nitrogens with zero attached hydrogens (tertiary/aromatic N) is 3. The van der Waals surface area contributed by atoms with Crippen molar-refractivity contribution in [3.8, 4) is 11.4 Å². The highest BCUT2D eigenvalue weighted by atomic mass is 19.4. The van der Waals surface area contributed by atoms with Gasteiger partial charge in [-0.3, -0.25) is 4.79 Å². The number of pyridine rings is 1. The Balaban J connectivity index is 1.66. The number of alkyl halides is 3. The van der Waals surface area contributed by atoms with Crippen LogP contribution in [0.4, 0.5) is 18.0 Å². The second kappa shape index (κ2) is 9.82. The van der Waals surface area contributed by atoms with Gasteiger partial charge in [0.15, 0.2) is 5.82 Å². The molecule has 0 fully saturated rings. The number of hydrogen-bond donors (Lipinski definition) is 1. The molecule has 1 aromatic carbocycles. The van der Waals surface area contributed by atoms with Crippen LogP contribution in [-0.2, 0) is 17.5 Å². The van der Waals surface area contributed by atoms with Crippen molar-refractivity contribution < 1.29 is 22.7 Å². The zero-order valence-corrected chi connectivity index (χ0v) is 19.4. The van der Waals surface area contributed by atoms with E-state index < -0.39 is 23.4 Å². The number of rotatable bonds is 6. The Kier molecular flexibility index (Phi) is 7.28. The summed E-state index contributed by atoms with van der Waals surface area (Å²) in [6, 6.07) is 6.57. The van der Waals surface area contributed by atoms with Crippen LogP contribution in [-0.4, -0.2) is 32.3 Å². The van der Waals surface area contributed by atoms with E-state index in [2.05, 4.69) is 15.3 Å². The van der Waals surface area contributed by atoms with E-state index in [-0.39, 0.29) is 17.4 Å². The van der Waals surface area contributed by atoms with Crippen molar-refractivity contribution in [2.75, 3.05) is 0 Å². The number of amides is 1. The number of aromatic nitrogens is 3. The second-order valence-corrected chi connectivity index (χ2v) is 9.10. The van der Waals surface area contributed by atoms with Gasteiger partial charge in [0.25, 0.3) is 5.56 Å². The molecule has 1 atom stereocenters. The van der Waals surface area contributed by atoms with Crippen LogP contribution in [0.25, 0.3) is 22.2 Å². The zero-order chi connectivity index (χ0) is 25.1. The molecule has 3 aromatic rings. The third kappa shape index (κ3) is 6.55. The molecule has 2 heterocycles. The molecule has 0 bridgehead atoms. The molecule has 0 saturated heterocycles. The first-order valence-corrected chi connectivity index (χ1v) is 10.9. The zero-order valence-electron chi connectivity index (χ0n) is 19.4. The van der Waals surface area contributed by atoms with E-state index in [1.54, 1.807) is 55.8 Å². The molecule has 34 heavy (non-hydrogen) atoms. The van der Waals surface area contributed by atoms with E-state index in [0.29, 0.717) is 35.7 Å². The van der Waals surface area contributed by atoms with E-state index in [1.807, 2.05) is 6.92 Å². The van der Waals surface area contributed by atoms with Crippen molar-refractivity contribution in [3.05, 3.63) is 58.8 Å². The first kappa shape index (κ1) is 25.2. The predicted octanol–water partition coefficient (Wildman–Crippen LogP) is 5.17. The van der Waals surface area contributed by atoms with E-state index >= 15 is 0 Å². The van der Waals surface area contributed by atoms with Crippen molar-refractivity contribution in [2.24, 2.45) is 0 Å². The Bertz CT molecular complexity index is 1220. The summed E-state index contributed by atoms with van der Waals surface area (Å²) in [7, 11) is 0. The van der Waals surface area contributed by atoms with Crippen LogP contribution in [0.2, 0.25) is 0 Å². The molecular formula is C24H27F3N4O3. The summed E-state index contributed by atoms with van der Waals surface area (Å²) in [5.74, 6) is 0.144. The summed E-state index contributed by atoms with van der Waals surface area (Å²) in [6.45, 7) is 7.73. The molecule has 0 unspecified atom stereocenters. The minimum atomic E-state index is -4.50. The number of nitrogens with one attached hydrogen (secondary N) is 1. The van der Waals surface area contributed by atoms with Gasteiger partial charge in [-0.2, -0.15) is 13.2 Å². The molecule has 3 rings (SSSR count). The number of fused-ring (bicyclic) bond motifs is 1. The van der Waals surface area contributed by atoms with Crippen molar-refractivity contribution in [1.82, 2.24) is 19.9 Å². The van der Waals surface area contributed by atoms with Gasteiger partial charge in [0.2, 0.25) is 0 Å². The number of carbonyl (C=O) groups is 1. The highest BCUT2D eigenvalue weighted by Crippen LogP contribution is 2.29. The molecule has 7 nitrogen and oxygen atoms in total. The Labute approximate surface area is 195 Å². The lowest BCUT2D eigenvalue weighted by molar-refractivity contribution is -0.138. The molecule has 0 radical (unpaired) electrons. The molecule has 182 valence electrons. The minimum absolute atomic E-state index is 0.114. The fourth-order valence-electron chi connectivity index (χ4n) is 3.38. The number of carbonyl (C=O) groups excluding carboxylic acids is 1. The van der Waals surface area contributed by atoms with Gasteiger partial charge in [-0.15, -0.1) is 0 Å². The van der Waals surface area contributed by atoms with Gasteiger partial charge in [-0.1, -0.05) is 6.07 Å². The Morgan fingerprint density at radius 2 is 1.82 bits per heavy atom. The van der Waals surface area contributed by atoms with Crippen LogP contribution in [0, 0.1) is 0 Å². The molecule has 0 saturated carbocycles. The summed E-state index contributed by atoms with van der Waals surface area (Å²) < 4.78 is 45.0. The third-order valence-corrected chi connectivity index (χ3v) is 5.01. The largest absolute Gasteiger partial charge is 0.444 e. The molecule has 0 aliphatic carbocycles. The normalized spacial score (nSPS) is 13.0. The van der Waals surface area contributed by atoms with E-state index in [4.69, 9.17) is 4.74 Å². The minimum Gasteiger partial charge on any atom is -0.444 e. The Morgan fingerprint density at radius 1 is 1.15 bits per heavy atom. The van der Waals surface area contributed by atoms with Crippen molar-refractivity contribution in [1.29, 1.82) is 0 Å². The first-order valence-electron chi connectivity index (χ1n) is 10.9. The Morgan fingerprint density at radius 3 is 2.44 bits per heavy atom. The van der Waals surface area contributed by atoms with Crippen LogP contribution in [0.5, 0.6) is 0 Å². The number of ether oxygens (including phenoxy) is 1. The first-order chi connectivity index (χ1) is 15.8. The number of aryl methyl sites for hydroxylation is 1. The second-order valence-electron chi connectivity index (χ2n) is 9.10. The number of hydrogen-bond acceptors (Lipinski definition) is 5. The van der Waals surface area contributed by atoms with Gasteiger partial charge in [-0.25, -0.2) is 14.8 Å². The molecule has 1 N–H and O–H groups in total. The van der Waals surface area contributed by atoms with Gasteiger partial charge in [0.05, 0.1) is 5.56 Å². The lowest BCUT2D eigenvalue weighted by Gasteiger charge is -2.22. The lowest BCUT2D eigenvalue weighted by atomic mass is 10.1. The topological polar surface area (TPSA) is 86.1 Å². The summed E-state index contributed by atoms with van der Waals surface area (Å²) in [5.41, 5.74) is -1.15.